The first kappa shape index (κ1) is 18.0. The van der Waals surface area contributed by atoms with Gasteiger partial charge in [0.2, 0.25) is 10.0 Å². The molecule has 0 aliphatic heterocycles. The van der Waals surface area contributed by atoms with Crippen LogP contribution >= 0.6 is 0 Å². The Hall–Kier alpha value is -2.35. The number of ether oxygens (including phenoxy) is 1. The van der Waals surface area contributed by atoms with Crippen molar-refractivity contribution in [2.45, 2.75) is 44.9 Å². The van der Waals surface area contributed by atoms with E-state index in [2.05, 4.69) is 14.1 Å². The van der Waals surface area contributed by atoms with Crippen LogP contribution in [0.1, 0.15) is 49.5 Å². The summed E-state index contributed by atoms with van der Waals surface area (Å²) in [5.74, 6) is 2.40. The van der Waals surface area contributed by atoms with E-state index in [1.54, 1.807) is 7.11 Å². The maximum Gasteiger partial charge on any atom is 0.231 e. The predicted molar refractivity (Wildman–Crippen MR) is 106 cm³/mol. The first-order chi connectivity index (χ1) is 12.9. The SMILES string of the molecule is COc1ccc2nc(NS(C)(=O)=O)c3c(C)nc(C4CCCCC4)n3c2c1. The fourth-order valence-corrected chi connectivity index (χ4v) is 4.52. The van der Waals surface area contributed by atoms with Crippen molar-refractivity contribution in [3.05, 3.63) is 29.7 Å². The largest absolute Gasteiger partial charge is 0.497 e. The summed E-state index contributed by atoms with van der Waals surface area (Å²) in [5.41, 5.74) is 3.06. The van der Waals surface area contributed by atoms with Gasteiger partial charge in [0.1, 0.15) is 17.1 Å². The Labute approximate surface area is 158 Å². The van der Waals surface area contributed by atoms with Crippen molar-refractivity contribution in [1.29, 1.82) is 0 Å². The van der Waals surface area contributed by atoms with Crippen LogP contribution in [0, 0.1) is 6.92 Å². The van der Waals surface area contributed by atoms with Crippen LogP contribution in [0.3, 0.4) is 0 Å². The summed E-state index contributed by atoms with van der Waals surface area (Å²) in [7, 11) is -1.83. The van der Waals surface area contributed by atoms with Gasteiger partial charge in [-0.2, -0.15) is 0 Å². The lowest BCUT2D eigenvalue weighted by molar-refractivity contribution is 0.415. The average molecular weight is 388 g/mol. The average Bonchev–Trinajstić information content (AvgIpc) is 2.99. The molecular weight excluding hydrogens is 364 g/mol. The van der Waals surface area contributed by atoms with Gasteiger partial charge < -0.3 is 4.74 Å². The van der Waals surface area contributed by atoms with Gasteiger partial charge in [0.05, 0.1) is 30.1 Å². The maximum absolute atomic E-state index is 11.9. The summed E-state index contributed by atoms with van der Waals surface area (Å²) < 4.78 is 33.8. The highest BCUT2D eigenvalue weighted by Gasteiger charge is 2.25. The number of fused-ring (bicyclic) bond motifs is 3. The zero-order chi connectivity index (χ0) is 19.2. The molecule has 2 heterocycles. The minimum Gasteiger partial charge on any atom is -0.497 e. The number of aryl methyl sites for hydroxylation is 1. The second kappa shape index (κ2) is 6.67. The molecule has 27 heavy (non-hydrogen) atoms. The van der Waals surface area contributed by atoms with Gasteiger partial charge in [-0.1, -0.05) is 19.3 Å². The number of sulfonamides is 1. The molecule has 8 heteroatoms. The molecule has 0 amide bonds. The third-order valence-corrected chi connectivity index (χ3v) is 5.77. The number of anilines is 1. The first-order valence-corrected chi connectivity index (χ1v) is 11.1. The Kier molecular flexibility index (Phi) is 4.46. The van der Waals surface area contributed by atoms with Gasteiger partial charge in [0.25, 0.3) is 0 Å². The topological polar surface area (TPSA) is 85.6 Å². The van der Waals surface area contributed by atoms with Crippen molar-refractivity contribution < 1.29 is 13.2 Å². The minimum atomic E-state index is -3.46. The van der Waals surface area contributed by atoms with Crippen LogP contribution in [0.15, 0.2) is 18.2 Å². The number of hydrogen-bond acceptors (Lipinski definition) is 5. The van der Waals surface area contributed by atoms with Crippen LogP contribution in [0.5, 0.6) is 5.75 Å². The van der Waals surface area contributed by atoms with Crippen LogP contribution in [-0.4, -0.2) is 36.2 Å². The van der Waals surface area contributed by atoms with E-state index in [4.69, 9.17) is 9.72 Å². The third-order valence-electron chi connectivity index (χ3n) is 5.21. The van der Waals surface area contributed by atoms with Crippen LogP contribution in [0.2, 0.25) is 0 Å². The molecule has 3 aromatic rings. The molecular formula is C19H24N4O3S. The highest BCUT2D eigenvalue weighted by molar-refractivity contribution is 7.92. The van der Waals surface area contributed by atoms with Crippen molar-refractivity contribution in [1.82, 2.24) is 14.4 Å². The molecule has 0 bridgehead atoms. The van der Waals surface area contributed by atoms with Gasteiger partial charge in [-0.25, -0.2) is 18.4 Å². The zero-order valence-corrected chi connectivity index (χ0v) is 16.6. The first-order valence-electron chi connectivity index (χ1n) is 9.22. The van der Waals surface area contributed by atoms with Gasteiger partial charge in [-0.3, -0.25) is 9.12 Å². The Balaban J connectivity index is 2.06. The lowest BCUT2D eigenvalue weighted by Crippen LogP contribution is -2.14. The van der Waals surface area contributed by atoms with Gasteiger partial charge in [0, 0.05) is 12.0 Å². The molecule has 1 aromatic carbocycles. The number of rotatable bonds is 4. The van der Waals surface area contributed by atoms with Crippen molar-refractivity contribution in [2.24, 2.45) is 0 Å². The summed E-state index contributed by atoms with van der Waals surface area (Å²) >= 11 is 0. The lowest BCUT2D eigenvalue weighted by atomic mass is 9.88. The molecule has 1 aliphatic rings. The number of methoxy groups -OCH3 is 1. The number of nitrogens with one attached hydrogen (secondary N) is 1. The molecule has 0 saturated heterocycles. The predicted octanol–water partition coefficient (Wildman–Crippen LogP) is 3.62. The molecule has 0 radical (unpaired) electrons. The molecule has 4 rings (SSSR count). The maximum atomic E-state index is 11.9. The molecule has 0 spiro atoms. The number of aromatic nitrogens is 3. The lowest BCUT2D eigenvalue weighted by Gasteiger charge is -2.21. The summed E-state index contributed by atoms with van der Waals surface area (Å²) in [4.78, 5) is 9.43. The van der Waals surface area contributed by atoms with Crippen molar-refractivity contribution >= 4 is 32.4 Å². The summed E-state index contributed by atoms with van der Waals surface area (Å²) in [5, 5.41) is 0. The van der Waals surface area contributed by atoms with Gasteiger partial charge in [-0.05, 0) is 31.9 Å². The molecule has 144 valence electrons. The fraction of sp³-hybridized carbons (Fsp3) is 0.474. The Morgan fingerprint density at radius 2 is 1.93 bits per heavy atom. The molecule has 0 unspecified atom stereocenters. The second-order valence-electron chi connectivity index (χ2n) is 7.26. The molecule has 7 nitrogen and oxygen atoms in total. The van der Waals surface area contributed by atoms with Crippen molar-refractivity contribution in [3.8, 4) is 5.75 Å². The number of benzene rings is 1. The summed E-state index contributed by atoms with van der Waals surface area (Å²) in [6, 6.07) is 5.61. The van der Waals surface area contributed by atoms with Crippen LogP contribution in [-0.2, 0) is 10.0 Å². The van der Waals surface area contributed by atoms with Gasteiger partial charge in [0.15, 0.2) is 5.82 Å². The van der Waals surface area contributed by atoms with Gasteiger partial charge in [-0.15, -0.1) is 0 Å². The quantitative estimate of drug-likeness (QED) is 0.738. The molecule has 1 fully saturated rings. The van der Waals surface area contributed by atoms with E-state index in [9.17, 15) is 8.42 Å². The number of hydrogen-bond donors (Lipinski definition) is 1. The molecule has 1 N–H and O–H groups in total. The van der Waals surface area contributed by atoms with Crippen LogP contribution < -0.4 is 9.46 Å². The van der Waals surface area contributed by atoms with E-state index >= 15 is 0 Å². The zero-order valence-electron chi connectivity index (χ0n) is 15.8. The van der Waals surface area contributed by atoms with Gasteiger partial charge >= 0.3 is 0 Å². The van der Waals surface area contributed by atoms with Crippen molar-refractivity contribution in [3.63, 3.8) is 0 Å². The van der Waals surface area contributed by atoms with E-state index in [1.165, 1.54) is 19.3 Å². The highest BCUT2D eigenvalue weighted by atomic mass is 32.2. The number of nitrogens with zero attached hydrogens (tertiary/aromatic N) is 3. The third kappa shape index (κ3) is 3.34. The van der Waals surface area contributed by atoms with E-state index in [-0.39, 0.29) is 0 Å². The van der Waals surface area contributed by atoms with Crippen LogP contribution in [0.4, 0.5) is 5.82 Å². The molecule has 1 saturated carbocycles. The molecule has 0 atom stereocenters. The Morgan fingerprint density at radius 1 is 1.19 bits per heavy atom. The van der Waals surface area contributed by atoms with E-state index in [1.807, 2.05) is 25.1 Å². The van der Waals surface area contributed by atoms with Crippen molar-refractivity contribution in [2.75, 3.05) is 18.1 Å². The molecule has 1 aliphatic carbocycles. The van der Waals surface area contributed by atoms with Crippen LogP contribution in [0.25, 0.3) is 16.6 Å². The highest BCUT2D eigenvalue weighted by Crippen LogP contribution is 2.36. The van der Waals surface area contributed by atoms with E-state index in [0.29, 0.717) is 22.8 Å². The van der Waals surface area contributed by atoms with E-state index in [0.717, 1.165) is 41.9 Å². The monoisotopic (exact) mass is 388 g/mol. The second-order valence-corrected chi connectivity index (χ2v) is 9.01. The molecule has 2 aromatic heterocycles. The summed E-state index contributed by atoms with van der Waals surface area (Å²) in [6.45, 7) is 1.91. The Morgan fingerprint density at radius 3 is 2.59 bits per heavy atom. The minimum absolute atomic E-state index is 0.322. The standard InChI is InChI=1S/C19H24N4O3S/c1-12-17-18(22-27(3,24)25)21-15-10-9-14(26-2)11-16(15)23(17)19(20-12)13-7-5-4-6-8-13/h9-11,13H,4-8H2,1-3H3,(H,21,22). The normalized spacial score (nSPS) is 16.1. The smallest absolute Gasteiger partial charge is 0.231 e. The fourth-order valence-electron chi connectivity index (χ4n) is 4.03. The summed E-state index contributed by atoms with van der Waals surface area (Å²) in [6.07, 6.45) is 6.98. The van der Waals surface area contributed by atoms with E-state index < -0.39 is 10.0 Å². The number of imidazole rings is 1. The Bertz CT molecular complexity index is 1120.